The first kappa shape index (κ1) is 11.4. The number of halogens is 1. The monoisotopic (exact) mass is 241 g/mol. The zero-order valence-electron chi connectivity index (χ0n) is 8.90. The van der Waals surface area contributed by atoms with Crippen molar-refractivity contribution in [2.45, 2.75) is 19.4 Å². The van der Waals surface area contributed by atoms with Crippen molar-refractivity contribution in [3.63, 3.8) is 0 Å². The third-order valence-electron chi connectivity index (χ3n) is 2.85. The SMILES string of the molecule is O=[N+](O)c1ccc(CN2CCCC2)c(Cl)c1. The van der Waals surface area contributed by atoms with Crippen LogP contribution in [0.15, 0.2) is 18.2 Å². The van der Waals surface area contributed by atoms with E-state index >= 15 is 0 Å². The molecule has 2 rings (SSSR count). The average Bonchev–Trinajstić information content (AvgIpc) is 2.73. The lowest BCUT2D eigenvalue weighted by atomic mass is 10.2. The van der Waals surface area contributed by atoms with E-state index in [0.717, 1.165) is 25.2 Å². The van der Waals surface area contributed by atoms with Gasteiger partial charge in [0.2, 0.25) is 0 Å². The van der Waals surface area contributed by atoms with Crippen LogP contribution in [0.2, 0.25) is 5.02 Å². The minimum Gasteiger partial charge on any atom is -0.299 e. The molecule has 1 aromatic carbocycles. The van der Waals surface area contributed by atoms with Crippen LogP contribution in [0.4, 0.5) is 5.69 Å². The molecule has 1 heterocycles. The largest absolute Gasteiger partial charge is 0.318 e. The normalized spacial score (nSPS) is 16.6. The number of hydrogen-bond donors (Lipinski definition) is 1. The van der Waals surface area contributed by atoms with Gasteiger partial charge in [-0.15, -0.1) is 0 Å². The van der Waals surface area contributed by atoms with Gasteiger partial charge in [-0.1, -0.05) is 11.6 Å². The van der Waals surface area contributed by atoms with Crippen LogP contribution in [-0.4, -0.2) is 28.1 Å². The van der Waals surface area contributed by atoms with Crippen LogP contribution in [0, 0.1) is 4.91 Å². The summed E-state index contributed by atoms with van der Waals surface area (Å²) in [5.74, 6) is 0. The number of rotatable bonds is 3. The Balaban J connectivity index is 2.12. The van der Waals surface area contributed by atoms with Gasteiger partial charge < -0.3 is 0 Å². The molecule has 0 amide bonds. The van der Waals surface area contributed by atoms with Gasteiger partial charge in [-0.3, -0.25) is 4.90 Å². The molecule has 1 N–H and O–H groups in total. The second-order valence-corrected chi connectivity index (χ2v) is 4.44. The summed E-state index contributed by atoms with van der Waals surface area (Å²) in [7, 11) is 0. The minimum absolute atomic E-state index is 0.162. The van der Waals surface area contributed by atoms with Gasteiger partial charge in [-0.05, 0) is 37.6 Å². The third-order valence-corrected chi connectivity index (χ3v) is 3.20. The van der Waals surface area contributed by atoms with Crippen molar-refractivity contribution in [1.29, 1.82) is 0 Å². The summed E-state index contributed by atoms with van der Waals surface area (Å²) in [5, 5.41) is 9.26. The molecule has 86 valence electrons. The van der Waals surface area contributed by atoms with Crippen LogP contribution in [0.25, 0.3) is 0 Å². The zero-order chi connectivity index (χ0) is 11.5. The maximum absolute atomic E-state index is 10.7. The zero-order valence-corrected chi connectivity index (χ0v) is 9.65. The lowest BCUT2D eigenvalue weighted by Gasteiger charge is -2.14. The van der Waals surface area contributed by atoms with Crippen molar-refractivity contribution in [2.75, 3.05) is 13.1 Å². The molecule has 0 aromatic heterocycles. The highest BCUT2D eigenvalue weighted by Crippen LogP contribution is 2.24. The van der Waals surface area contributed by atoms with Crippen LogP contribution >= 0.6 is 11.6 Å². The van der Waals surface area contributed by atoms with Crippen LogP contribution in [0.3, 0.4) is 0 Å². The Morgan fingerprint density at radius 3 is 2.62 bits per heavy atom. The number of benzene rings is 1. The molecule has 0 atom stereocenters. The Bertz CT molecular complexity index is 403. The second-order valence-electron chi connectivity index (χ2n) is 4.03. The molecule has 0 radical (unpaired) electrons. The lowest BCUT2D eigenvalue weighted by molar-refractivity contribution is -0.729. The van der Waals surface area contributed by atoms with E-state index in [0.29, 0.717) is 5.02 Å². The predicted molar refractivity (Wildman–Crippen MR) is 61.0 cm³/mol. The molecule has 1 aromatic rings. The first-order chi connectivity index (χ1) is 7.66. The van der Waals surface area contributed by atoms with E-state index < -0.39 is 0 Å². The highest BCUT2D eigenvalue weighted by molar-refractivity contribution is 6.31. The summed E-state index contributed by atoms with van der Waals surface area (Å²) < 4.78 is 0. The maximum atomic E-state index is 10.7. The fraction of sp³-hybridized carbons (Fsp3) is 0.455. The summed E-state index contributed by atoms with van der Waals surface area (Å²) in [4.78, 5) is 12.8. The van der Waals surface area contributed by atoms with Gasteiger partial charge in [-0.25, -0.2) is 5.21 Å². The van der Waals surface area contributed by atoms with Crippen LogP contribution in [0.1, 0.15) is 18.4 Å². The van der Waals surface area contributed by atoms with Crippen molar-refractivity contribution in [1.82, 2.24) is 4.90 Å². The molecule has 0 unspecified atom stereocenters. The van der Waals surface area contributed by atoms with Gasteiger partial charge in [0.1, 0.15) is 0 Å². The van der Waals surface area contributed by atoms with Crippen molar-refractivity contribution in [3.8, 4) is 0 Å². The fourth-order valence-electron chi connectivity index (χ4n) is 1.97. The van der Waals surface area contributed by atoms with Crippen molar-refractivity contribution < 1.29 is 10.1 Å². The summed E-state index contributed by atoms with van der Waals surface area (Å²) in [5.41, 5.74) is 1.16. The van der Waals surface area contributed by atoms with Crippen molar-refractivity contribution in [2.24, 2.45) is 0 Å². The first-order valence-corrected chi connectivity index (χ1v) is 5.71. The van der Waals surface area contributed by atoms with Crippen LogP contribution < -0.4 is 0 Å². The van der Waals surface area contributed by atoms with E-state index in [9.17, 15) is 4.91 Å². The topological polar surface area (TPSA) is 43.6 Å². The number of nitrogens with zero attached hydrogens (tertiary/aromatic N) is 2. The standard InChI is InChI=1S/C11H14ClN2O2/c12-11-7-10(14(15)16)4-3-9(11)8-13-5-1-2-6-13/h3-4,7H,1-2,5-6,8H2,(H,15,16)/q+1. The molecule has 1 aliphatic rings. The average molecular weight is 242 g/mol. The summed E-state index contributed by atoms with van der Waals surface area (Å²) in [6.45, 7) is 3.01. The fourth-order valence-corrected chi connectivity index (χ4v) is 2.20. The number of hydrogen-bond acceptors (Lipinski definition) is 2. The van der Waals surface area contributed by atoms with Gasteiger partial charge in [0.25, 0.3) is 4.92 Å². The molecular formula is C11H14ClN2O2+. The van der Waals surface area contributed by atoms with E-state index in [1.54, 1.807) is 12.1 Å². The lowest BCUT2D eigenvalue weighted by Crippen LogP contribution is -2.18. The van der Waals surface area contributed by atoms with Gasteiger partial charge in [-0.2, -0.15) is 0 Å². The number of likely N-dealkylation sites (tertiary alicyclic amines) is 1. The van der Waals surface area contributed by atoms with E-state index in [1.807, 2.05) is 0 Å². The van der Waals surface area contributed by atoms with E-state index in [4.69, 9.17) is 16.8 Å². The maximum Gasteiger partial charge on any atom is 0.318 e. The smallest absolute Gasteiger partial charge is 0.299 e. The molecule has 0 bridgehead atoms. The molecule has 0 aliphatic carbocycles. The third kappa shape index (κ3) is 2.51. The Morgan fingerprint density at radius 2 is 2.06 bits per heavy atom. The molecule has 1 aliphatic heterocycles. The van der Waals surface area contributed by atoms with E-state index in [-0.39, 0.29) is 10.6 Å². The summed E-state index contributed by atoms with van der Waals surface area (Å²) >= 11 is 6.05. The molecular weight excluding hydrogens is 228 g/mol. The molecule has 0 spiro atoms. The predicted octanol–water partition coefficient (Wildman–Crippen LogP) is 2.74. The van der Waals surface area contributed by atoms with Crippen LogP contribution in [-0.2, 0) is 6.54 Å². The molecule has 5 heteroatoms. The van der Waals surface area contributed by atoms with Crippen molar-refractivity contribution in [3.05, 3.63) is 33.7 Å². The summed E-state index contributed by atoms with van der Waals surface area (Å²) in [6, 6.07) is 4.85. The molecule has 0 saturated carbocycles. The highest BCUT2D eigenvalue weighted by atomic mass is 35.5. The van der Waals surface area contributed by atoms with E-state index in [2.05, 4.69) is 4.90 Å². The minimum atomic E-state index is -0.175. The second kappa shape index (κ2) is 4.80. The highest BCUT2D eigenvalue weighted by Gasteiger charge is 2.17. The van der Waals surface area contributed by atoms with Gasteiger partial charge in [0.15, 0.2) is 0 Å². The molecule has 1 saturated heterocycles. The van der Waals surface area contributed by atoms with E-state index in [1.165, 1.54) is 18.9 Å². The Hall–Kier alpha value is -1.13. The molecule has 1 fully saturated rings. The molecule has 4 nitrogen and oxygen atoms in total. The quantitative estimate of drug-likeness (QED) is 0.828. The van der Waals surface area contributed by atoms with Crippen LogP contribution in [0.5, 0.6) is 0 Å². The van der Waals surface area contributed by atoms with Gasteiger partial charge in [0.05, 0.1) is 9.93 Å². The Labute approximate surface area is 99.0 Å². The molecule has 16 heavy (non-hydrogen) atoms. The van der Waals surface area contributed by atoms with Gasteiger partial charge >= 0.3 is 5.69 Å². The van der Waals surface area contributed by atoms with Gasteiger partial charge in [0, 0.05) is 18.7 Å². The summed E-state index contributed by atoms with van der Waals surface area (Å²) in [6.07, 6.45) is 2.47. The Kier molecular flexibility index (Phi) is 3.41. The Morgan fingerprint density at radius 1 is 1.38 bits per heavy atom. The first-order valence-electron chi connectivity index (χ1n) is 5.34. The van der Waals surface area contributed by atoms with Crippen molar-refractivity contribution >= 4 is 17.3 Å².